The lowest BCUT2D eigenvalue weighted by atomic mass is 10.1. The Morgan fingerprint density at radius 2 is 2.07 bits per heavy atom. The van der Waals surface area contributed by atoms with E-state index >= 15 is 0 Å². The highest BCUT2D eigenvalue weighted by molar-refractivity contribution is 6.30. The molecule has 1 unspecified atom stereocenters. The fourth-order valence-electron chi connectivity index (χ4n) is 3.58. The average Bonchev–Trinajstić information content (AvgIpc) is 3.17. The lowest BCUT2D eigenvalue weighted by Gasteiger charge is -2.24. The van der Waals surface area contributed by atoms with Crippen molar-refractivity contribution >= 4 is 29.1 Å². The van der Waals surface area contributed by atoms with Crippen LogP contribution in [-0.2, 0) is 11.2 Å². The van der Waals surface area contributed by atoms with Gasteiger partial charge in [-0.25, -0.2) is 0 Å². The molecule has 2 aromatic rings. The first-order chi connectivity index (χ1) is 13.9. The number of carbonyl (C=O) groups is 2. The summed E-state index contributed by atoms with van der Waals surface area (Å²) in [7, 11) is 0. The van der Waals surface area contributed by atoms with Gasteiger partial charge in [0.15, 0.2) is 0 Å². The summed E-state index contributed by atoms with van der Waals surface area (Å²) in [5.74, 6) is -0.466. The van der Waals surface area contributed by atoms with Crippen molar-refractivity contribution < 1.29 is 14.5 Å². The molecule has 0 aromatic heterocycles. The summed E-state index contributed by atoms with van der Waals surface area (Å²) >= 11 is 5.97. The Bertz CT molecular complexity index is 947. The Morgan fingerprint density at radius 3 is 2.76 bits per heavy atom. The van der Waals surface area contributed by atoms with Gasteiger partial charge in [0.05, 0.1) is 4.92 Å². The number of halogens is 1. The summed E-state index contributed by atoms with van der Waals surface area (Å²) in [5.41, 5.74) is 1.77. The van der Waals surface area contributed by atoms with Crippen LogP contribution >= 0.6 is 11.6 Å². The minimum absolute atomic E-state index is 0.0294. The highest BCUT2D eigenvalue weighted by Crippen LogP contribution is 2.24. The second kappa shape index (κ2) is 9.05. The maximum Gasteiger partial charge on any atom is 0.272 e. The molecule has 1 aliphatic rings. The van der Waals surface area contributed by atoms with Crippen LogP contribution in [0.5, 0.6) is 0 Å². The molecule has 1 atom stereocenters. The average molecular weight is 416 g/mol. The highest BCUT2D eigenvalue weighted by Gasteiger charge is 2.34. The molecule has 1 heterocycles. The molecular formula is C21H22ClN3O4. The van der Waals surface area contributed by atoms with Crippen LogP contribution in [-0.4, -0.2) is 40.8 Å². The monoisotopic (exact) mass is 415 g/mol. The van der Waals surface area contributed by atoms with Gasteiger partial charge in [-0.05, 0) is 56.0 Å². The third kappa shape index (κ3) is 4.92. The molecule has 3 rings (SSSR count). The first kappa shape index (κ1) is 20.8. The summed E-state index contributed by atoms with van der Waals surface area (Å²) in [6, 6.07) is 11.2. The van der Waals surface area contributed by atoms with E-state index in [1.807, 2.05) is 18.2 Å². The van der Waals surface area contributed by atoms with Crippen LogP contribution in [0.4, 0.5) is 5.69 Å². The molecule has 7 nitrogen and oxygen atoms in total. The fourth-order valence-corrected chi connectivity index (χ4v) is 3.79. The smallest absolute Gasteiger partial charge is 0.272 e. The van der Waals surface area contributed by atoms with Crippen molar-refractivity contribution in [2.24, 2.45) is 0 Å². The molecule has 152 valence electrons. The van der Waals surface area contributed by atoms with E-state index in [4.69, 9.17) is 11.6 Å². The predicted octanol–water partition coefficient (Wildman–Crippen LogP) is 3.52. The molecule has 0 aliphatic carbocycles. The van der Waals surface area contributed by atoms with Crippen LogP contribution in [0.1, 0.15) is 34.3 Å². The standard InChI is InChI=1S/C21H22ClN3O4/c1-14-12-16(7-8-18(14)25(28)29)21(27)24-11-3-6-19(24)20(26)23-10-9-15-4-2-5-17(22)13-15/h2,4-5,7-8,12-13,19H,3,6,9-11H2,1H3,(H,23,26). The second-order valence-electron chi connectivity index (χ2n) is 7.09. The predicted molar refractivity (Wildman–Crippen MR) is 110 cm³/mol. The van der Waals surface area contributed by atoms with Crippen LogP contribution in [0.15, 0.2) is 42.5 Å². The van der Waals surface area contributed by atoms with Crippen LogP contribution in [0.2, 0.25) is 5.02 Å². The van der Waals surface area contributed by atoms with E-state index in [0.29, 0.717) is 42.1 Å². The molecule has 1 fully saturated rings. The van der Waals surface area contributed by atoms with Gasteiger partial charge < -0.3 is 10.2 Å². The van der Waals surface area contributed by atoms with E-state index < -0.39 is 11.0 Å². The summed E-state index contributed by atoms with van der Waals surface area (Å²) in [6.07, 6.45) is 1.99. The first-order valence-corrected chi connectivity index (χ1v) is 9.83. The minimum atomic E-state index is -0.530. The van der Waals surface area contributed by atoms with Gasteiger partial charge in [-0.3, -0.25) is 19.7 Å². The highest BCUT2D eigenvalue weighted by atomic mass is 35.5. The maximum absolute atomic E-state index is 12.9. The number of carbonyl (C=O) groups excluding carboxylic acids is 2. The number of hydrogen-bond donors (Lipinski definition) is 1. The zero-order valence-corrected chi connectivity index (χ0v) is 16.8. The van der Waals surface area contributed by atoms with Crippen LogP contribution in [0, 0.1) is 17.0 Å². The Kier molecular flexibility index (Phi) is 6.49. The number of nitro benzene ring substituents is 1. The molecule has 2 aromatic carbocycles. The van der Waals surface area contributed by atoms with Gasteiger partial charge in [-0.1, -0.05) is 23.7 Å². The quantitative estimate of drug-likeness (QED) is 0.577. The molecule has 8 heteroatoms. The molecular weight excluding hydrogens is 394 g/mol. The maximum atomic E-state index is 12.9. The SMILES string of the molecule is Cc1cc(C(=O)N2CCCC2C(=O)NCCc2cccc(Cl)c2)ccc1[N+](=O)[O-]. The molecule has 2 amide bonds. The van der Waals surface area contributed by atoms with Crippen molar-refractivity contribution in [3.63, 3.8) is 0 Å². The van der Waals surface area contributed by atoms with Gasteiger partial charge in [0, 0.05) is 35.3 Å². The number of nitrogens with one attached hydrogen (secondary N) is 1. The molecule has 0 saturated carbocycles. The van der Waals surface area contributed by atoms with E-state index in [1.54, 1.807) is 17.9 Å². The Hall–Kier alpha value is -2.93. The van der Waals surface area contributed by atoms with Gasteiger partial charge in [-0.2, -0.15) is 0 Å². The largest absolute Gasteiger partial charge is 0.354 e. The van der Waals surface area contributed by atoms with E-state index in [1.165, 1.54) is 18.2 Å². The third-order valence-corrected chi connectivity index (χ3v) is 5.29. The summed E-state index contributed by atoms with van der Waals surface area (Å²) in [6.45, 7) is 2.54. The van der Waals surface area contributed by atoms with Crippen molar-refractivity contribution in [2.45, 2.75) is 32.2 Å². The van der Waals surface area contributed by atoms with E-state index in [0.717, 1.165) is 12.0 Å². The zero-order chi connectivity index (χ0) is 21.0. The van der Waals surface area contributed by atoms with Crippen molar-refractivity contribution in [3.05, 3.63) is 74.3 Å². The van der Waals surface area contributed by atoms with Gasteiger partial charge in [0.1, 0.15) is 6.04 Å². The van der Waals surface area contributed by atoms with Crippen LogP contribution in [0.25, 0.3) is 0 Å². The van der Waals surface area contributed by atoms with Gasteiger partial charge in [0.2, 0.25) is 5.91 Å². The number of rotatable bonds is 6. The normalized spacial score (nSPS) is 15.9. The van der Waals surface area contributed by atoms with Gasteiger partial charge in [-0.15, -0.1) is 0 Å². The van der Waals surface area contributed by atoms with Crippen LogP contribution in [0.3, 0.4) is 0 Å². The number of amides is 2. The molecule has 0 bridgehead atoms. The molecule has 1 N–H and O–H groups in total. The van der Waals surface area contributed by atoms with E-state index in [9.17, 15) is 19.7 Å². The third-order valence-electron chi connectivity index (χ3n) is 5.06. The van der Waals surface area contributed by atoms with Gasteiger partial charge in [0.25, 0.3) is 11.6 Å². The van der Waals surface area contributed by atoms with E-state index in [-0.39, 0.29) is 17.5 Å². The fraction of sp³-hybridized carbons (Fsp3) is 0.333. The van der Waals surface area contributed by atoms with Gasteiger partial charge >= 0.3 is 0 Å². The Morgan fingerprint density at radius 1 is 1.28 bits per heavy atom. The topological polar surface area (TPSA) is 92.6 Å². The summed E-state index contributed by atoms with van der Waals surface area (Å²) < 4.78 is 0. The number of benzene rings is 2. The second-order valence-corrected chi connectivity index (χ2v) is 7.52. The zero-order valence-electron chi connectivity index (χ0n) is 16.1. The summed E-state index contributed by atoms with van der Waals surface area (Å²) in [5, 5.41) is 14.5. The molecule has 1 saturated heterocycles. The van der Waals surface area contributed by atoms with E-state index in [2.05, 4.69) is 5.32 Å². The van der Waals surface area contributed by atoms with Crippen molar-refractivity contribution in [3.8, 4) is 0 Å². The number of nitro groups is 1. The molecule has 0 spiro atoms. The van der Waals surface area contributed by atoms with Crippen molar-refractivity contribution in [1.29, 1.82) is 0 Å². The minimum Gasteiger partial charge on any atom is -0.354 e. The first-order valence-electron chi connectivity index (χ1n) is 9.45. The molecule has 0 radical (unpaired) electrons. The van der Waals surface area contributed by atoms with Crippen molar-refractivity contribution in [1.82, 2.24) is 10.2 Å². The van der Waals surface area contributed by atoms with Crippen LogP contribution < -0.4 is 5.32 Å². The number of hydrogen-bond acceptors (Lipinski definition) is 4. The molecule has 1 aliphatic heterocycles. The number of aryl methyl sites for hydroxylation is 1. The lowest BCUT2D eigenvalue weighted by molar-refractivity contribution is -0.385. The Balaban J connectivity index is 1.62. The number of likely N-dealkylation sites (tertiary alicyclic amines) is 1. The lowest BCUT2D eigenvalue weighted by Crippen LogP contribution is -2.46. The Labute approximate surface area is 173 Å². The van der Waals surface area contributed by atoms with Crippen molar-refractivity contribution in [2.75, 3.05) is 13.1 Å². The number of nitrogens with zero attached hydrogens (tertiary/aromatic N) is 2. The summed E-state index contributed by atoms with van der Waals surface area (Å²) in [4.78, 5) is 37.6. The molecule has 29 heavy (non-hydrogen) atoms.